The number of rotatable bonds is 4. The highest BCUT2D eigenvalue weighted by Gasteiger charge is 2.23. The zero-order chi connectivity index (χ0) is 14.9. The molecule has 2 aromatic rings. The van der Waals surface area contributed by atoms with Crippen molar-refractivity contribution in [3.05, 3.63) is 43.5 Å². The summed E-state index contributed by atoms with van der Waals surface area (Å²) in [6.07, 6.45) is 0. The molecule has 0 saturated heterocycles. The topological polar surface area (TPSA) is 66.4 Å². The first kappa shape index (κ1) is 15.8. The number of hydrogen-bond donors (Lipinski definition) is 2. The van der Waals surface area contributed by atoms with Crippen LogP contribution in [0.4, 0.5) is 5.69 Å². The Kier molecular flexibility index (Phi) is 4.76. The Hall–Kier alpha value is -0.600. The molecule has 0 fully saturated rings. The minimum atomic E-state index is -3.77. The summed E-state index contributed by atoms with van der Waals surface area (Å²) in [5.41, 5.74) is 0.955. The second-order valence-corrected chi connectivity index (χ2v) is 7.82. The van der Waals surface area contributed by atoms with Crippen LogP contribution < -0.4 is 4.72 Å². The first-order chi connectivity index (χ1) is 9.36. The van der Waals surface area contributed by atoms with Crippen LogP contribution in [0, 0.1) is 6.92 Å². The van der Waals surface area contributed by atoms with Crippen LogP contribution in [-0.4, -0.2) is 13.5 Å². The van der Waals surface area contributed by atoms with E-state index in [0.717, 1.165) is 0 Å². The number of aryl methyl sites for hydroxylation is 1. The highest BCUT2D eigenvalue weighted by Crippen LogP contribution is 2.33. The van der Waals surface area contributed by atoms with E-state index in [1.165, 1.54) is 11.3 Å². The predicted octanol–water partition coefficient (Wildman–Crippen LogP) is 3.77. The highest BCUT2D eigenvalue weighted by atomic mass is 79.9. The fourth-order valence-corrected chi connectivity index (χ4v) is 5.14. The van der Waals surface area contributed by atoms with E-state index in [1.54, 1.807) is 30.5 Å². The molecule has 0 bridgehead atoms. The smallest absolute Gasteiger partial charge is 0.263 e. The zero-order valence-corrected chi connectivity index (χ0v) is 14.3. The summed E-state index contributed by atoms with van der Waals surface area (Å²) in [5.74, 6) is 0. The van der Waals surface area contributed by atoms with Crippen molar-refractivity contribution in [3.8, 4) is 0 Å². The lowest BCUT2D eigenvalue weighted by Crippen LogP contribution is -2.15. The summed E-state index contributed by atoms with van der Waals surface area (Å²) in [6, 6.07) is 4.91. The molecular formula is C12H11BrClNO3S2. The SMILES string of the molecule is Cc1csc(CO)c1S(=O)(=O)Nc1cccc(Cl)c1Br. The van der Waals surface area contributed by atoms with E-state index in [2.05, 4.69) is 20.7 Å². The molecule has 1 heterocycles. The van der Waals surface area contributed by atoms with E-state index < -0.39 is 10.0 Å². The molecule has 0 spiro atoms. The number of aliphatic hydroxyl groups is 1. The van der Waals surface area contributed by atoms with Gasteiger partial charge in [-0.25, -0.2) is 8.42 Å². The van der Waals surface area contributed by atoms with E-state index >= 15 is 0 Å². The molecule has 2 rings (SSSR count). The van der Waals surface area contributed by atoms with Gasteiger partial charge in [-0.1, -0.05) is 17.7 Å². The molecule has 0 saturated carbocycles. The molecule has 0 radical (unpaired) electrons. The zero-order valence-electron chi connectivity index (χ0n) is 10.4. The third kappa shape index (κ3) is 3.01. The third-order valence-electron chi connectivity index (χ3n) is 2.60. The van der Waals surface area contributed by atoms with Crippen molar-refractivity contribution in [2.45, 2.75) is 18.4 Å². The lowest BCUT2D eigenvalue weighted by molar-refractivity contribution is 0.282. The lowest BCUT2D eigenvalue weighted by Gasteiger charge is -2.11. The summed E-state index contributed by atoms with van der Waals surface area (Å²) in [6.45, 7) is 1.38. The molecule has 0 aliphatic heterocycles. The number of benzene rings is 1. The van der Waals surface area contributed by atoms with Crippen molar-refractivity contribution in [2.75, 3.05) is 4.72 Å². The summed E-state index contributed by atoms with van der Waals surface area (Å²) >= 11 is 10.4. The summed E-state index contributed by atoms with van der Waals surface area (Å²) < 4.78 is 27.9. The molecule has 4 nitrogen and oxygen atoms in total. The van der Waals surface area contributed by atoms with Crippen LogP contribution in [-0.2, 0) is 16.6 Å². The number of halogens is 2. The summed E-state index contributed by atoms with van der Waals surface area (Å²) in [5, 5.41) is 11.4. The average molecular weight is 397 g/mol. The van der Waals surface area contributed by atoms with Gasteiger partial charge in [-0.3, -0.25) is 4.72 Å². The van der Waals surface area contributed by atoms with Crippen LogP contribution in [0.2, 0.25) is 5.02 Å². The van der Waals surface area contributed by atoms with Crippen LogP contribution >= 0.6 is 38.9 Å². The van der Waals surface area contributed by atoms with Gasteiger partial charge >= 0.3 is 0 Å². The van der Waals surface area contributed by atoms with Crippen LogP contribution in [0.1, 0.15) is 10.4 Å². The number of anilines is 1. The Labute approximate surface area is 134 Å². The van der Waals surface area contributed by atoms with Crippen LogP contribution in [0.3, 0.4) is 0 Å². The van der Waals surface area contributed by atoms with Gasteiger partial charge in [-0.2, -0.15) is 0 Å². The maximum atomic E-state index is 12.4. The molecule has 108 valence electrons. The molecule has 0 amide bonds. The Bertz CT molecular complexity index is 743. The van der Waals surface area contributed by atoms with Gasteiger partial charge in [0.15, 0.2) is 0 Å². The molecule has 1 aromatic heterocycles. The molecule has 0 aliphatic rings. The first-order valence-electron chi connectivity index (χ1n) is 5.51. The number of nitrogens with one attached hydrogen (secondary N) is 1. The van der Waals surface area contributed by atoms with Gasteiger partial charge in [-0.05, 0) is 45.9 Å². The molecule has 0 unspecified atom stereocenters. The van der Waals surface area contributed by atoms with E-state index in [-0.39, 0.29) is 11.5 Å². The van der Waals surface area contributed by atoms with Crippen molar-refractivity contribution < 1.29 is 13.5 Å². The van der Waals surface area contributed by atoms with Crippen molar-refractivity contribution >= 4 is 54.6 Å². The fraction of sp³-hybridized carbons (Fsp3) is 0.167. The molecule has 1 aromatic carbocycles. The van der Waals surface area contributed by atoms with Crippen molar-refractivity contribution in [3.63, 3.8) is 0 Å². The second-order valence-electron chi connectivity index (χ2n) is 4.04. The number of thiophene rings is 1. The van der Waals surface area contributed by atoms with Gasteiger partial charge in [0, 0.05) is 0 Å². The maximum Gasteiger partial charge on any atom is 0.263 e. The second kappa shape index (κ2) is 6.03. The fourth-order valence-electron chi connectivity index (χ4n) is 1.74. The summed E-state index contributed by atoms with van der Waals surface area (Å²) in [7, 11) is -3.77. The quantitative estimate of drug-likeness (QED) is 0.827. The maximum absolute atomic E-state index is 12.4. The number of hydrogen-bond acceptors (Lipinski definition) is 4. The highest BCUT2D eigenvalue weighted by molar-refractivity contribution is 9.10. The van der Waals surface area contributed by atoms with Gasteiger partial charge in [0.1, 0.15) is 4.90 Å². The van der Waals surface area contributed by atoms with Gasteiger partial charge in [0.05, 0.1) is 26.7 Å². The standard InChI is InChI=1S/C12H11BrClNO3S2/c1-7-6-19-10(5-16)12(7)20(17,18)15-9-4-2-3-8(14)11(9)13/h2-4,6,15-16H,5H2,1H3. The van der Waals surface area contributed by atoms with Gasteiger partial charge in [0.2, 0.25) is 0 Å². The molecule has 8 heteroatoms. The van der Waals surface area contributed by atoms with Crippen LogP contribution in [0.25, 0.3) is 0 Å². The Morgan fingerprint density at radius 2 is 2.15 bits per heavy atom. The van der Waals surface area contributed by atoms with Crippen molar-refractivity contribution in [2.24, 2.45) is 0 Å². The largest absolute Gasteiger partial charge is 0.391 e. The summed E-state index contributed by atoms with van der Waals surface area (Å²) in [4.78, 5) is 0.532. The van der Waals surface area contributed by atoms with Gasteiger partial charge < -0.3 is 5.11 Å². The Morgan fingerprint density at radius 3 is 2.80 bits per heavy atom. The Morgan fingerprint density at radius 1 is 1.45 bits per heavy atom. The average Bonchev–Trinajstić information content (AvgIpc) is 2.77. The minimum absolute atomic E-state index is 0.122. The number of sulfonamides is 1. The monoisotopic (exact) mass is 395 g/mol. The van der Waals surface area contributed by atoms with Gasteiger partial charge in [-0.15, -0.1) is 11.3 Å². The molecular weight excluding hydrogens is 386 g/mol. The van der Waals surface area contributed by atoms with Crippen molar-refractivity contribution in [1.82, 2.24) is 0 Å². The van der Waals surface area contributed by atoms with E-state index in [4.69, 9.17) is 11.6 Å². The minimum Gasteiger partial charge on any atom is -0.391 e. The van der Waals surface area contributed by atoms with Crippen molar-refractivity contribution in [1.29, 1.82) is 0 Å². The van der Waals surface area contributed by atoms with E-state index in [1.807, 2.05) is 0 Å². The first-order valence-corrected chi connectivity index (χ1v) is 9.05. The Balaban J connectivity index is 2.46. The van der Waals surface area contributed by atoms with E-state index in [0.29, 0.717) is 25.6 Å². The van der Waals surface area contributed by atoms with Gasteiger partial charge in [0.25, 0.3) is 10.0 Å². The number of aliphatic hydroxyl groups excluding tert-OH is 1. The lowest BCUT2D eigenvalue weighted by atomic mass is 10.3. The molecule has 20 heavy (non-hydrogen) atoms. The van der Waals surface area contributed by atoms with E-state index in [9.17, 15) is 13.5 Å². The predicted molar refractivity (Wildman–Crippen MR) is 84.9 cm³/mol. The molecule has 2 N–H and O–H groups in total. The third-order valence-corrected chi connectivity index (χ3v) is 6.81. The molecule has 0 aliphatic carbocycles. The normalized spacial score (nSPS) is 11.6. The molecule has 0 atom stereocenters. The van der Waals surface area contributed by atoms with Crippen LogP contribution in [0.5, 0.6) is 0 Å². The van der Waals surface area contributed by atoms with Crippen LogP contribution in [0.15, 0.2) is 32.9 Å².